The number of rotatable bonds is 10. The molecule has 0 aliphatic carbocycles. The average Bonchev–Trinajstić information content (AvgIpc) is 2.76. The smallest absolute Gasteiger partial charge is 0.294 e. The van der Waals surface area contributed by atoms with Gasteiger partial charge in [-0.3, -0.25) is 19.8 Å². The van der Waals surface area contributed by atoms with Crippen molar-refractivity contribution in [2.45, 2.75) is 13.0 Å². The van der Waals surface area contributed by atoms with Crippen LogP contribution in [0.1, 0.15) is 11.1 Å². The number of fused-ring (bicyclic) bond motifs is 1. The quantitative estimate of drug-likeness (QED) is 0.148. The highest BCUT2D eigenvalue weighted by Crippen LogP contribution is 2.28. The van der Waals surface area contributed by atoms with E-state index in [0.717, 1.165) is 26.8 Å². The molecule has 0 saturated heterocycles. The van der Waals surface area contributed by atoms with Crippen LogP contribution in [0.2, 0.25) is 0 Å². The molecular formula is C20H19BrN6O4. The first-order valence-electron chi connectivity index (χ1n) is 9.29. The molecule has 0 radical (unpaired) electrons. The second kappa shape index (κ2) is 11.0. The number of nitrogens with zero attached hydrogens (tertiary/aromatic N) is 4. The van der Waals surface area contributed by atoms with Crippen LogP contribution in [0.15, 0.2) is 58.3 Å². The highest BCUT2D eigenvalue weighted by Gasteiger charge is 2.06. The van der Waals surface area contributed by atoms with Crippen molar-refractivity contribution in [2.24, 2.45) is 4.99 Å². The number of benzene rings is 2. The van der Waals surface area contributed by atoms with Crippen LogP contribution in [0.4, 0.5) is 5.69 Å². The zero-order chi connectivity index (χ0) is 22.1. The van der Waals surface area contributed by atoms with Crippen molar-refractivity contribution in [3.05, 3.63) is 74.5 Å². The standard InChI is InChI=1S/C20H19BrN6O4/c21-19-16(4-5-17-20(19)25-9-8-23-17)26-13-22-6-7-24-18(28)11-14-2-1-3-15(10-14)12-31-27(29)30/h1-5,8-10,13H,6-7,11-12H2,(H,22,26)(H,24,28). The van der Waals surface area contributed by atoms with Gasteiger partial charge >= 0.3 is 0 Å². The van der Waals surface area contributed by atoms with Crippen molar-refractivity contribution in [1.29, 1.82) is 0 Å². The molecule has 11 heteroatoms. The second-order valence-corrected chi connectivity index (χ2v) is 7.17. The molecule has 31 heavy (non-hydrogen) atoms. The Labute approximate surface area is 186 Å². The fourth-order valence-electron chi connectivity index (χ4n) is 2.76. The summed E-state index contributed by atoms with van der Waals surface area (Å²) in [4.78, 5) is 39.5. The molecule has 160 valence electrons. The number of hydrogen-bond donors (Lipinski definition) is 2. The fourth-order valence-corrected chi connectivity index (χ4v) is 3.31. The van der Waals surface area contributed by atoms with Gasteiger partial charge in [0, 0.05) is 18.9 Å². The molecule has 2 N–H and O–H groups in total. The van der Waals surface area contributed by atoms with Crippen LogP contribution < -0.4 is 10.6 Å². The summed E-state index contributed by atoms with van der Waals surface area (Å²) in [7, 11) is 0. The van der Waals surface area contributed by atoms with Gasteiger partial charge in [-0.15, -0.1) is 10.1 Å². The summed E-state index contributed by atoms with van der Waals surface area (Å²) >= 11 is 3.51. The molecule has 0 aliphatic heterocycles. The van der Waals surface area contributed by atoms with Gasteiger partial charge in [-0.1, -0.05) is 24.3 Å². The molecule has 1 heterocycles. The molecular weight excluding hydrogens is 468 g/mol. The Morgan fingerprint density at radius 2 is 2.03 bits per heavy atom. The summed E-state index contributed by atoms with van der Waals surface area (Å²) in [5.74, 6) is -0.161. The largest absolute Gasteiger partial charge is 0.354 e. The van der Waals surface area contributed by atoms with Gasteiger partial charge in [-0.2, -0.15) is 0 Å². The van der Waals surface area contributed by atoms with Crippen molar-refractivity contribution in [3.8, 4) is 0 Å². The zero-order valence-electron chi connectivity index (χ0n) is 16.3. The number of carbonyl (C=O) groups is 1. The SMILES string of the molecule is O=C(Cc1cccc(CO[N+](=O)[O-])c1)NCCN=CNc1ccc2nccnc2c1Br. The highest BCUT2D eigenvalue weighted by molar-refractivity contribution is 9.10. The predicted molar refractivity (Wildman–Crippen MR) is 119 cm³/mol. The van der Waals surface area contributed by atoms with Crippen LogP contribution in [0.3, 0.4) is 0 Å². The van der Waals surface area contributed by atoms with Gasteiger partial charge in [0.25, 0.3) is 5.09 Å². The Kier molecular flexibility index (Phi) is 7.82. The van der Waals surface area contributed by atoms with E-state index in [9.17, 15) is 14.9 Å². The Balaban J connectivity index is 1.41. The maximum Gasteiger partial charge on any atom is 0.294 e. The first-order valence-corrected chi connectivity index (χ1v) is 10.1. The molecule has 1 amide bonds. The number of nitrogens with one attached hydrogen (secondary N) is 2. The van der Waals surface area contributed by atoms with E-state index in [1.807, 2.05) is 12.1 Å². The number of aromatic nitrogens is 2. The maximum absolute atomic E-state index is 12.1. The van der Waals surface area contributed by atoms with Crippen molar-refractivity contribution in [1.82, 2.24) is 15.3 Å². The summed E-state index contributed by atoms with van der Waals surface area (Å²) in [5, 5.41) is 15.3. The molecule has 3 rings (SSSR count). The molecule has 0 saturated carbocycles. The van der Waals surface area contributed by atoms with E-state index in [2.05, 4.69) is 46.4 Å². The monoisotopic (exact) mass is 486 g/mol. The molecule has 0 aliphatic rings. The fraction of sp³-hybridized carbons (Fsp3) is 0.200. The van der Waals surface area contributed by atoms with Gasteiger partial charge < -0.3 is 15.5 Å². The second-order valence-electron chi connectivity index (χ2n) is 6.37. The number of carbonyl (C=O) groups excluding carboxylic acids is 1. The van der Waals surface area contributed by atoms with E-state index in [4.69, 9.17) is 0 Å². The number of anilines is 1. The third-order valence-electron chi connectivity index (χ3n) is 4.15. The zero-order valence-corrected chi connectivity index (χ0v) is 17.9. The van der Waals surface area contributed by atoms with Crippen LogP contribution in [-0.4, -0.2) is 40.4 Å². The van der Waals surface area contributed by atoms with Crippen molar-refractivity contribution in [2.75, 3.05) is 18.4 Å². The van der Waals surface area contributed by atoms with E-state index in [1.165, 1.54) is 0 Å². The van der Waals surface area contributed by atoms with Crippen LogP contribution >= 0.6 is 15.9 Å². The maximum atomic E-state index is 12.1. The lowest BCUT2D eigenvalue weighted by Gasteiger charge is -2.07. The van der Waals surface area contributed by atoms with Gasteiger partial charge in [-0.05, 0) is 39.2 Å². The van der Waals surface area contributed by atoms with E-state index >= 15 is 0 Å². The summed E-state index contributed by atoms with van der Waals surface area (Å²) < 4.78 is 0.795. The minimum absolute atomic E-state index is 0.149. The third-order valence-corrected chi connectivity index (χ3v) is 4.95. The van der Waals surface area contributed by atoms with Gasteiger partial charge in [0.1, 0.15) is 12.1 Å². The Hall–Kier alpha value is -3.60. The average molecular weight is 487 g/mol. The summed E-state index contributed by atoms with van der Waals surface area (Å²) in [6.07, 6.45) is 5.00. The lowest BCUT2D eigenvalue weighted by Crippen LogP contribution is -2.27. The van der Waals surface area contributed by atoms with Crippen LogP contribution in [0, 0.1) is 10.1 Å². The van der Waals surface area contributed by atoms with Crippen LogP contribution in [0.25, 0.3) is 11.0 Å². The summed E-state index contributed by atoms with van der Waals surface area (Å²) in [6.45, 7) is 0.635. The van der Waals surface area contributed by atoms with Crippen LogP contribution in [-0.2, 0) is 22.7 Å². The van der Waals surface area contributed by atoms with Gasteiger partial charge in [0.15, 0.2) is 0 Å². The van der Waals surface area contributed by atoms with E-state index in [0.29, 0.717) is 18.7 Å². The van der Waals surface area contributed by atoms with E-state index < -0.39 is 5.09 Å². The molecule has 10 nitrogen and oxygen atoms in total. The minimum atomic E-state index is -0.846. The lowest BCUT2D eigenvalue weighted by atomic mass is 10.1. The molecule has 0 spiro atoms. The molecule has 0 unspecified atom stereocenters. The summed E-state index contributed by atoms with van der Waals surface area (Å²) in [5.41, 5.74) is 3.72. The van der Waals surface area contributed by atoms with Gasteiger partial charge in [-0.25, -0.2) is 0 Å². The lowest BCUT2D eigenvalue weighted by molar-refractivity contribution is -0.763. The molecule has 3 aromatic rings. The molecule has 0 atom stereocenters. The summed E-state index contributed by atoms with van der Waals surface area (Å²) in [6, 6.07) is 10.7. The topological polar surface area (TPSA) is 132 Å². The first kappa shape index (κ1) is 22.1. The molecule has 1 aromatic heterocycles. The van der Waals surface area contributed by atoms with Crippen molar-refractivity contribution >= 4 is 44.9 Å². The Bertz CT molecular complexity index is 1110. The highest BCUT2D eigenvalue weighted by atomic mass is 79.9. The molecule has 0 bridgehead atoms. The van der Waals surface area contributed by atoms with Gasteiger partial charge in [0.2, 0.25) is 5.91 Å². The Morgan fingerprint density at radius 3 is 2.87 bits per heavy atom. The van der Waals surface area contributed by atoms with Crippen LogP contribution in [0.5, 0.6) is 0 Å². The van der Waals surface area contributed by atoms with E-state index in [1.54, 1.807) is 43.0 Å². The first-order chi connectivity index (χ1) is 15.0. The molecule has 2 aromatic carbocycles. The normalized spacial score (nSPS) is 10.9. The predicted octanol–water partition coefficient (Wildman–Crippen LogP) is 2.90. The van der Waals surface area contributed by atoms with Gasteiger partial charge in [0.05, 0.1) is 35.0 Å². The minimum Gasteiger partial charge on any atom is -0.354 e. The van der Waals surface area contributed by atoms with Crippen molar-refractivity contribution in [3.63, 3.8) is 0 Å². The number of hydrogen-bond acceptors (Lipinski definition) is 7. The molecule has 0 fully saturated rings. The number of halogens is 1. The number of aliphatic imine (C=N–C) groups is 1. The van der Waals surface area contributed by atoms with E-state index in [-0.39, 0.29) is 18.9 Å². The third kappa shape index (κ3) is 6.71. The number of amides is 1. The Morgan fingerprint density at radius 1 is 1.23 bits per heavy atom. The van der Waals surface area contributed by atoms with Crippen molar-refractivity contribution < 1.29 is 14.7 Å².